The van der Waals surface area contributed by atoms with E-state index in [0.29, 0.717) is 13.0 Å². The van der Waals surface area contributed by atoms with Gasteiger partial charge in [-0.25, -0.2) is 9.59 Å². The number of hydrogen-bond donors (Lipinski definition) is 3. The Morgan fingerprint density at radius 2 is 1.38 bits per heavy atom. The second kappa shape index (κ2) is 17.3. The molecule has 0 spiro atoms. The molecule has 0 radical (unpaired) electrons. The molecule has 8 nitrogen and oxygen atoms in total. The fourth-order valence-corrected chi connectivity index (χ4v) is 4.86. The van der Waals surface area contributed by atoms with Crippen LogP contribution in [0.25, 0.3) is 10.8 Å². The summed E-state index contributed by atoms with van der Waals surface area (Å²) in [6.45, 7) is 3.88. The van der Waals surface area contributed by atoms with E-state index in [1.54, 1.807) is 0 Å². The lowest BCUT2D eigenvalue weighted by Crippen LogP contribution is -2.49. The lowest BCUT2D eigenvalue weighted by molar-refractivity contribution is -0.172. The van der Waals surface area contributed by atoms with Crippen molar-refractivity contribution in [2.75, 3.05) is 19.8 Å². The number of carboxylic acids is 2. The number of aliphatic carboxylic acids is 2. The number of ether oxygens (including phenoxy) is 2. The van der Waals surface area contributed by atoms with Gasteiger partial charge in [0.25, 0.3) is 5.91 Å². The Hall–Kier alpha value is -3.75. The number of hydrogen-bond acceptors (Lipinski definition) is 5. The summed E-state index contributed by atoms with van der Waals surface area (Å²) in [6.07, 6.45) is 3.65. The molecular weight excluding hydrogens is 534 g/mol. The third kappa shape index (κ3) is 10.9. The standard InChI is InChI=1S/C34H43NO7/c1-24-15-16-26(21-25(24)2)11-5-3-9-19-35-33(38)31(32(34(39)40)42-23-30(36)37)41-20-10-4-6-12-27-17-18-28-13-7-8-14-29(28)22-27/h7-8,13-18,21-22,31-32H,3-6,9-12,19-20,23H2,1-2H3,(H,35,38)(H,36,37)(H,39,40). The van der Waals surface area contributed by atoms with Crippen LogP contribution in [-0.4, -0.2) is 60.0 Å². The number of aryl methyl sites for hydroxylation is 4. The van der Waals surface area contributed by atoms with E-state index in [1.165, 1.54) is 33.0 Å². The van der Waals surface area contributed by atoms with Crippen molar-refractivity contribution in [2.45, 2.75) is 77.4 Å². The zero-order valence-corrected chi connectivity index (χ0v) is 24.6. The van der Waals surface area contributed by atoms with Gasteiger partial charge in [-0.05, 0) is 85.4 Å². The van der Waals surface area contributed by atoms with Crippen molar-refractivity contribution in [3.63, 3.8) is 0 Å². The molecule has 0 fully saturated rings. The molecule has 0 saturated carbocycles. The molecule has 0 aromatic heterocycles. The van der Waals surface area contributed by atoms with Gasteiger partial charge in [0.1, 0.15) is 6.61 Å². The number of rotatable bonds is 19. The van der Waals surface area contributed by atoms with E-state index in [2.05, 4.69) is 67.7 Å². The Morgan fingerprint density at radius 3 is 2.07 bits per heavy atom. The lowest BCUT2D eigenvalue weighted by atomic mass is 10.0. The maximum absolute atomic E-state index is 12.9. The third-order valence-corrected chi connectivity index (χ3v) is 7.40. The number of nitrogens with one attached hydrogen (secondary N) is 1. The lowest BCUT2D eigenvalue weighted by Gasteiger charge is -2.23. The Kier molecular flexibility index (Phi) is 13.5. The predicted octanol–water partition coefficient (Wildman–Crippen LogP) is 5.64. The van der Waals surface area contributed by atoms with Crippen LogP contribution in [0.1, 0.15) is 60.8 Å². The van der Waals surface area contributed by atoms with E-state index in [9.17, 15) is 19.5 Å². The Morgan fingerprint density at radius 1 is 0.714 bits per heavy atom. The van der Waals surface area contributed by atoms with Crippen molar-refractivity contribution >= 4 is 28.6 Å². The van der Waals surface area contributed by atoms with Crippen LogP contribution in [0, 0.1) is 13.8 Å². The van der Waals surface area contributed by atoms with E-state index in [-0.39, 0.29) is 6.61 Å². The topological polar surface area (TPSA) is 122 Å². The van der Waals surface area contributed by atoms with Crippen molar-refractivity contribution in [3.05, 3.63) is 82.9 Å². The van der Waals surface area contributed by atoms with Gasteiger partial charge in [-0.3, -0.25) is 4.79 Å². The summed E-state index contributed by atoms with van der Waals surface area (Å²) < 4.78 is 10.8. The summed E-state index contributed by atoms with van der Waals surface area (Å²) >= 11 is 0. The van der Waals surface area contributed by atoms with Gasteiger partial charge in [0, 0.05) is 13.2 Å². The van der Waals surface area contributed by atoms with Crippen LogP contribution < -0.4 is 5.32 Å². The maximum Gasteiger partial charge on any atom is 0.336 e. The highest BCUT2D eigenvalue weighted by molar-refractivity contribution is 5.88. The van der Waals surface area contributed by atoms with Crippen LogP contribution in [0.3, 0.4) is 0 Å². The second-order valence-corrected chi connectivity index (χ2v) is 10.8. The highest BCUT2D eigenvalue weighted by atomic mass is 16.6. The Bertz CT molecular complexity index is 1320. The highest BCUT2D eigenvalue weighted by Crippen LogP contribution is 2.18. The minimum Gasteiger partial charge on any atom is -0.480 e. The molecule has 3 rings (SSSR count). The van der Waals surface area contributed by atoms with Crippen LogP contribution in [0.2, 0.25) is 0 Å². The average molecular weight is 578 g/mol. The molecule has 226 valence electrons. The Balaban J connectivity index is 1.43. The number of carbonyl (C=O) groups excluding carboxylic acids is 1. The number of fused-ring (bicyclic) bond motifs is 1. The van der Waals surface area contributed by atoms with Crippen LogP contribution in [0.15, 0.2) is 60.7 Å². The molecule has 2 unspecified atom stereocenters. The summed E-state index contributed by atoms with van der Waals surface area (Å²) in [5.74, 6) is -3.38. The van der Waals surface area contributed by atoms with Crippen molar-refractivity contribution < 1.29 is 34.1 Å². The summed E-state index contributed by atoms with van der Waals surface area (Å²) in [6, 6.07) is 21.1. The van der Waals surface area contributed by atoms with Gasteiger partial charge in [-0.2, -0.15) is 0 Å². The molecule has 0 heterocycles. The SMILES string of the molecule is Cc1ccc(CCCCCNC(=O)C(OCCCCCc2ccc3ccccc3c2)C(OCC(=O)O)C(=O)O)cc1C. The first-order valence-electron chi connectivity index (χ1n) is 14.7. The first kappa shape index (κ1) is 32.8. The smallest absolute Gasteiger partial charge is 0.336 e. The van der Waals surface area contributed by atoms with E-state index in [1.807, 2.05) is 12.1 Å². The molecule has 42 heavy (non-hydrogen) atoms. The zero-order chi connectivity index (χ0) is 30.3. The van der Waals surface area contributed by atoms with Gasteiger partial charge in [0.05, 0.1) is 0 Å². The summed E-state index contributed by atoms with van der Waals surface area (Å²) in [5, 5.41) is 23.8. The minimum absolute atomic E-state index is 0.159. The van der Waals surface area contributed by atoms with Crippen LogP contribution in [-0.2, 0) is 36.7 Å². The monoisotopic (exact) mass is 577 g/mol. The number of carboxylic acid groups (broad SMARTS) is 2. The van der Waals surface area contributed by atoms with E-state index in [4.69, 9.17) is 14.6 Å². The van der Waals surface area contributed by atoms with Crippen LogP contribution in [0.4, 0.5) is 0 Å². The summed E-state index contributed by atoms with van der Waals surface area (Å²) in [7, 11) is 0. The summed E-state index contributed by atoms with van der Waals surface area (Å²) in [4.78, 5) is 35.8. The molecule has 1 amide bonds. The van der Waals surface area contributed by atoms with Crippen molar-refractivity contribution in [3.8, 4) is 0 Å². The maximum atomic E-state index is 12.9. The molecular formula is C34H43NO7. The number of amides is 1. The quantitative estimate of drug-likeness (QED) is 0.158. The molecule has 3 aromatic rings. The van der Waals surface area contributed by atoms with Gasteiger partial charge >= 0.3 is 11.9 Å². The number of unbranched alkanes of at least 4 members (excludes halogenated alkanes) is 4. The van der Waals surface area contributed by atoms with Gasteiger partial charge in [-0.15, -0.1) is 0 Å². The fourth-order valence-electron chi connectivity index (χ4n) is 4.86. The zero-order valence-electron chi connectivity index (χ0n) is 24.6. The average Bonchev–Trinajstić information content (AvgIpc) is 2.96. The molecule has 0 aliphatic rings. The molecule has 8 heteroatoms. The van der Waals surface area contributed by atoms with Crippen molar-refractivity contribution in [1.82, 2.24) is 5.32 Å². The van der Waals surface area contributed by atoms with E-state index >= 15 is 0 Å². The van der Waals surface area contributed by atoms with Crippen LogP contribution in [0.5, 0.6) is 0 Å². The van der Waals surface area contributed by atoms with Gasteiger partial charge in [0.2, 0.25) is 0 Å². The molecule has 0 aliphatic heterocycles. The first-order chi connectivity index (χ1) is 20.2. The molecule has 0 aliphatic carbocycles. The predicted molar refractivity (Wildman–Crippen MR) is 163 cm³/mol. The fraction of sp³-hybridized carbons (Fsp3) is 0.441. The van der Waals surface area contributed by atoms with Crippen molar-refractivity contribution in [1.29, 1.82) is 0 Å². The minimum atomic E-state index is -1.72. The third-order valence-electron chi connectivity index (χ3n) is 7.40. The number of benzene rings is 3. The molecule has 0 saturated heterocycles. The van der Waals surface area contributed by atoms with Crippen molar-refractivity contribution in [2.24, 2.45) is 0 Å². The van der Waals surface area contributed by atoms with E-state index < -0.39 is 36.7 Å². The van der Waals surface area contributed by atoms with Gasteiger partial charge < -0.3 is 25.0 Å². The largest absolute Gasteiger partial charge is 0.480 e. The molecule has 2 atom stereocenters. The van der Waals surface area contributed by atoms with Gasteiger partial charge in [0.15, 0.2) is 12.2 Å². The molecule has 0 bridgehead atoms. The number of carbonyl (C=O) groups is 3. The molecule has 3 aromatic carbocycles. The normalized spacial score (nSPS) is 12.6. The summed E-state index contributed by atoms with van der Waals surface area (Å²) in [5.41, 5.74) is 5.07. The van der Waals surface area contributed by atoms with Crippen LogP contribution >= 0.6 is 0 Å². The molecule has 3 N–H and O–H groups in total. The van der Waals surface area contributed by atoms with Gasteiger partial charge in [-0.1, -0.05) is 73.5 Å². The first-order valence-corrected chi connectivity index (χ1v) is 14.7. The second-order valence-electron chi connectivity index (χ2n) is 10.8. The Labute approximate surface area is 248 Å². The highest BCUT2D eigenvalue weighted by Gasteiger charge is 2.36. The van der Waals surface area contributed by atoms with E-state index in [0.717, 1.165) is 44.9 Å².